The van der Waals surface area contributed by atoms with Gasteiger partial charge in [-0.3, -0.25) is 9.59 Å². The molecule has 0 saturated heterocycles. The van der Waals surface area contributed by atoms with Crippen LogP contribution in [0.1, 0.15) is 56.6 Å². The van der Waals surface area contributed by atoms with Crippen LogP contribution in [0.4, 0.5) is 4.79 Å². The standard InChI is InChI=1S/C26H32N2O5/c1-3-5-16-28(4-2)25(31)23(14-15-24(29)30)27-26(32)33-17-22-20-12-8-6-10-18(20)19-11-7-9-13-21(19)22/h6-13,22-23H,3-5,14-17H2,1-2H3,(H,27,32)(H,29,30). The Morgan fingerprint density at radius 3 is 2.18 bits per heavy atom. The van der Waals surface area contributed by atoms with E-state index in [-0.39, 0.29) is 31.3 Å². The van der Waals surface area contributed by atoms with Gasteiger partial charge in [0.2, 0.25) is 5.91 Å². The first-order valence-corrected chi connectivity index (χ1v) is 11.6. The number of hydrogen-bond donors (Lipinski definition) is 2. The zero-order valence-corrected chi connectivity index (χ0v) is 19.3. The summed E-state index contributed by atoms with van der Waals surface area (Å²) in [5.74, 6) is -1.38. The minimum atomic E-state index is -1.02. The number of carbonyl (C=O) groups is 3. The smallest absolute Gasteiger partial charge is 0.407 e. The van der Waals surface area contributed by atoms with Gasteiger partial charge in [-0.15, -0.1) is 0 Å². The highest BCUT2D eigenvalue weighted by atomic mass is 16.5. The number of alkyl carbamates (subject to hydrolysis) is 1. The van der Waals surface area contributed by atoms with Crippen molar-refractivity contribution in [1.29, 1.82) is 0 Å². The van der Waals surface area contributed by atoms with Gasteiger partial charge in [0.15, 0.2) is 0 Å². The maximum atomic E-state index is 13.0. The first-order chi connectivity index (χ1) is 16.0. The van der Waals surface area contributed by atoms with Gasteiger partial charge < -0.3 is 20.1 Å². The molecule has 7 nitrogen and oxygen atoms in total. The Hall–Kier alpha value is -3.35. The lowest BCUT2D eigenvalue weighted by molar-refractivity contribution is -0.138. The Labute approximate surface area is 194 Å². The Kier molecular flexibility index (Phi) is 8.46. The highest BCUT2D eigenvalue weighted by molar-refractivity contribution is 5.86. The fraction of sp³-hybridized carbons (Fsp3) is 0.423. The highest BCUT2D eigenvalue weighted by Crippen LogP contribution is 2.44. The maximum absolute atomic E-state index is 13.0. The van der Waals surface area contributed by atoms with Crippen LogP contribution in [0.25, 0.3) is 11.1 Å². The molecule has 2 aromatic carbocycles. The zero-order valence-electron chi connectivity index (χ0n) is 19.3. The van der Waals surface area contributed by atoms with Gasteiger partial charge in [-0.2, -0.15) is 0 Å². The number of ether oxygens (including phenoxy) is 1. The number of rotatable bonds is 11. The van der Waals surface area contributed by atoms with Crippen molar-refractivity contribution in [1.82, 2.24) is 10.2 Å². The van der Waals surface area contributed by atoms with Crippen molar-refractivity contribution in [2.45, 2.75) is 51.5 Å². The number of hydrogen-bond acceptors (Lipinski definition) is 4. The van der Waals surface area contributed by atoms with E-state index in [4.69, 9.17) is 9.84 Å². The second kappa shape index (κ2) is 11.5. The number of aliphatic carboxylic acids is 1. The molecule has 1 aliphatic carbocycles. The number of unbranched alkanes of at least 4 members (excludes halogenated alkanes) is 1. The van der Waals surface area contributed by atoms with Crippen LogP contribution in [0, 0.1) is 0 Å². The highest BCUT2D eigenvalue weighted by Gasteiger charge is 2.30. The van der Waals surface area contributed by atoms with Crippen molar-refractivity contribution in [2.75, 3.05) is 19.7 Å². The van der Waals surface area contributed by atoms with Gasteiger partial charge in [-0.25, -0.2) is 4.79 Å². The lowest BCUT2D eigenvalue weighted by atomic mass is 9.98. The molecule has 2 aromatic rings. The summed E-state index contributed by atoms with van der Waals surface area (Å²) < 4.78 is 5.55. The number of nitrogens with one attached hydrogen (secondary N) is 1. The van der Waals surface area contributed by atoms with Crippen molar-refractivity contribution in [3.8, 4) is 11.1 Å². The van der Waals surface area contributed by atoms with Gasteiger partial charge in [0.25, 0.3) is 0 Å². The molecule has 33 heavy (non-hydrogen) atoms. The number of carbonyl (C=O) groups excluding carboxylic acids is 2. The molecule has 0 bridgehead atoms. The first kappa shape index (κ1) is 24.3. The number of amides is 2. The molecule has 0 aromatic heterocycles. The van der Waals surface area contributed by atoms with Crippen LogP contribution >= 0.6 is 0 Å². The Morgan fingerprint density at radius 2 is 1.64 bits per heavy atom. The molecule has 0 spiro atoms. The molecule has 1 atom stereocenters. The first-order valence-electron chi connectivity index (χ1n) is 11.6. The van der Waals surface area contributed by atoms with E-state index in [1.807, 2.05) is 50.2 Å². The van der Waals surface area contributed by atoms with Crippen LogP contribution < -0.4 is 5.32 Å². The van der Waals surface area contributed by atoms with Crippen LogP contribution in [0.15, 0.2) is 48.5 Å². The molecule has 7 heteroatoms. The predicted octanol–water partition coefficient (Wildman–Crippen LogP) is 4.41. The fourth-order valence-electron chi connectivity index (χ4n) is 4.30. The van der Waals surface area contributed by atoms with E-state index in [0.717, 1.165) is 35.1 Å². The minimum Gasteiger partial charge on any atom is -0.481 e. The van der Waals surface area contributed by atoms with Crippen LogP contribution in [-0.4, -0.2) is 53.7 Å². The molecule has 0 radical (unpaired) electrons. The average Bonchev–Trinajstić information content (AvgIpc) is 3.14. The van der Waals surface area contributed by atoms with Crippen LogP contribution in [0.3, 0.4) is 0 Å². The van der Waals surface area contributed by atoms with E-state index in [1.165, 1.54) is 0 Å². The lowest BCUT2D eigenvalue weighted by Gasteiger charge is -2.26. The third kappa shape index (κ3) is 5.92. The van der Waals surface area contributed by atoms with Crippen molar-refractivity contribution < 1.29 is 24.2 Å². The Balaban J connectivity index is 1.68. The van der Waals surface area contributed by atoms with Crippen molar-refractivity contribution >= 4 is 18.0 Å². The molecule has 3 rings (SSSR count). The normalized spacial score (nSPS) is 13.0. The molecular weight excluding hydrogens is 420 g/mol. The van der Waals surface area contributed by atoms with Gasteiger partial charge in [-0.1, -0.05) is 61.9 Å². The summed E-state index contributed by atoms with van der Waals surface area (Å²) >= 11 is 0. The van der Waals surface area contributed by atoms with Crippen molar-refractivity contribution in [3.05, 3.63) is 59.7 Å². The minimum absolute atomic E-state index is 0.0149. The number of carboxylic acid groups (broad SMARTS) is 1. The van der Waals surface area contributed by atoms with E-state index in [0.29, 0.717) is 13.1 Å². The summed E-state index contributed by atoms with van der Waals surface area (Å²) in [6.45, 7) is 5.11. The maximum Gasteiger partial charge on any atom is 0.407 e. The monoisotopic (exact) mass is 452 g/mol. The summed E-state index contributed by atoms with van der Waals surface area (Å²) in [6, 6.07) is 15.2. The molecule has 0 heterocycles. The SMILES string of the molecule is CCCCN(CC)C(=O)C(CCC(=O)O)NC(=O)OCC1c2ccccc2-c2ccccc21. The number of fused-ring (bicyclic) bond motifs is 3. The third-order valence-corrected chi connectivity index (χ3v) is 6.06. The Bertz CT molecular complexity index is 945. The predicted molar refractivity (Wildman–Crippen MR) is 126 cm³/mol. The van der Waals surface area contributed by atoms with E-state index >= 15 is 0 Å². The average molecular weight is 453 g/mol. The summed E-state index contributed by atoms with van der Waals surface area (Å²) in [4.78, 5) is 38.4. The number of carboxylic acids is 1. The van der Waals surface area contributed by atoms with Gasteiger partial charge in [0.1, 0.15) is 12.6 Å². The molecule has 0 aliphatic heterocycles. The fourth-order valence-corrected chi connectivity index (χ4v) is 4.30. The van der Waals surface area contributed by atoms with Gasteiger partial charge in [0, 0.05) is 25.4 Å². The van der Waals surface area contributed by atoms with Crippen LogP contribution in [0.5, 0.6) is 0 Å². The van der Waals surface area contributed by atoms with Gasteiger partial charge in [0.05, 0.1) is 0 Å². The number of benzene rings is 2. The molecule has 0 fully saturated rings. The molecular formula is C26H32N2O5. The van der Waals surface area contributed by atoms with Crippen molar-refractivity contribution in [3.63, 3.8) is 0 Å². The number of likely N-dealkylation sites (N-methyl/N-ethyl adjacent to an activating group) is 1. The Morgan fingerprint density at radius 1 is 1.03 bits per heavy atom. The summed E-state index contributed by atoms with van der Waals surface area (Å²) in [5, 5.41) is 11.7. The number of nitrogens with zero attached hydrogens (tertiary/aromatic N) is 1. The zero-order chi connectivity index (χ0) is 23.8. The molecule has 2 N–H and O–H groups in total. The molecule has 1 aliphatic rings. The van der Waals surface area contributed by atoms with Gasteiger partial charge >= 0.3 is 12.1 Å². The lowest BCUT2D eigenvalue weighted by Crippen LogP contribution is -2.49. The summed E-state index contributed by atoms with van der Waals surface area (Å²) in [7, 11) is 0. The molecule has 0 saturated carbocycles. The summed E-state index contributed by atoms with van der Waals surface area (Å²) in [6.07, 6.45) is 0.860. The second-order valence-corrected chi connectivity index (χ2v) is 8.23. The van der Waals surface area contributed by atoms with E-state index in [9.17, 15) is 14.4 Å². The molecule has 176 valence electrons. The topological polar surface area (TPSA) is 95.9 Å². The van der Waals surface area contributed by atoms with E-state index in [2.05, 4.69) is 17.4 Å². The largest absolute Gasteiger partial charge is 0.481 e. The van der Waals surface area contributed by atoms with E-state index in [1.54, 1.807) is 4.90 Å². The third-order valence-electron chi connectivity index (χ3n) is 6.06. The van der Waals surface area contributed by atoms with Gasteiger partial charge in [-0.05, 0) is 42.0 Å². The van der Waals surface area contributed by atoms with Crippen LogP contribution in [-0.2, 0) is 14.3 Å². The second-order valence-electron chi connectivity index (χ2n) is 8.23. The van der Waals surface area contributed by atoms with E-state index < -0.39 is 18.1 Å². The van der Waals surface area contributed by atoms with Crippen LogP contribution in [0.2, 0.25) is 0 Å². The summed E-state index contributed by atoms with van der Waals surface area (Å²) in [5.41, 5.74) is 4.46. The van der Waals surface area contributed by atoms with Crippen molar-refractivity contribution in [2.24, 2.45) is 0 Å². The quantitative estimate of drug-likeness (QED) is 0.527. The molecule has 2 amide bonds. The molecule has 1 unspecified atom stereocenters.